The fourth-order valence-corrected chi connectivity index (χ4v) is 2.30. The van der Waals surface area contributed by atoms with E-state index in [9.17, 15) is 9.59 Å². The molecule has 2 aromatic rings. The molecule has 0 unspecified atom stereocenters. The summed E-state index contributed by atoms with van der Waals surface area (Å²) in [6.45, 7) is -0.132. The standard InChI is InChI=1S/C11H9ClN2O3S/c1-17-10-4-5-11(16)14(13-10)6-7(15)8-2-3-9(12)18-8/h2-5H,6H2,1H3. The maximum Gasteiger partial charge on any atom is 0.267 e. The van der Waals surface area contributed by atoms with Gasteiger partial charge in [0.15, 0.2) is 5.78 Å². The minimum atomic E-state index is -0.355. The van der Waals surface area contributed by atoms with Crippen LogP contribution in [0, 0.1) is 0 Å². The van der Waals surface area contributed by atoms with Crippen molar-refractivity contribution in [2.45, 2.75) is 6.54 Å². The Morgan fingerprint density at radius 1 is 1.44 bits per heavy atom. The number of nitrogens with zero attached hydrogens (tertiary/aromatic N) is 2. The quantitative estimate of drug-likeness (QED) is 0.804. The number of aromatic nitrogens is 2. The van der Waals surface area contributed by atoms with Gasteiger partial charge in [0.05, 0.1) is 16.3 Å². The summed E-state index contributed by atoms with van der Waals surface area (Å²) in [4.78, 5) is 23.9. The molecule has 0 aliphatic carbocycles. The topological polar surface area (TPSA) is 61.2 Å². The molecule has 2 heterocycles. The monoisotopic (exact) mass is 284 g/mol. The molecule has 0 fully saturated rings. The van der Waals surface area contributed by atoms with Crippen molar-refractivity contribution in [1.82, 2.24) is 9.78 Å². The molecule has 2 aromatic heterocycles. The molecule has 0 spiro atoms. The molecule has 0 aliphatic heterocycles. The van der Waals surface area contributed by atoms with E-state index in [1.165, 1.54) is 30.6 Å². The SMILES string of the molecule is COc1ccc(=O)n(CC(=O)c2ccc(Cl)s2)n1. The lowest BCUT2D eigenvalue weighted by Crippen LogP contribution is -2.25. The summed E-state index contributed by atoms with van der Waals surface area (Å²) in [5.74, 6) is 0.0707. The smallest absolute Gasteiger partial charge is 0.267 e. The third-order valence-electron chi connectivity index (χ3n) is 2.19. The van der Waals surface area contributed by atoms with Crippen LogP contribution >= 0.6 is 22.9 Å². The highest BCUT2D eigenvalue weighted by atomic mass is 35.5. The molecular formula is C11H9ClN2O3S. The number of carbonyl (C=O) groups is 1. The fourth-order valence-electron chi connectivity index (χ4n) is 1.33. The highest BCUT2D eigenvalue weighted by Crippen LogP contribution is 2.21. The summed E-state index contributed by atoms with van der Waals surface area (Å²) < 4.78 is 6.50. The van der Waals surface area contributed by atoms with Crippen molar-refractivity contribution in [3.05, 3.63) is 43.8 Å². The summed E-state index contributed by atoms with van der Waals surface area (Å²) in [5, 5.41) is 3.90. The summed E-state index contributed by atoms with van der Waals surface area (Å²) in [6, 6.07) is 6.02. The van der Waals surface area contributed by atoms with Crippen LogP contribution in [-0.2, 0) is 6.54 Å². The molecule has 18 heavy (non-hydrogen) atoms. The Hall–Kier alpha value is -1.66. The highest BCUT2D eigenvalue weighted by molar-refractivity contribution is 7.18. The molecule has 0 bridgehead atoms. The van der Waals surface area contributed by atoms with E-state index in [4.69, 9.17) is 16.3 Å². The Morgan fingerprint density at radius 3 is 2.83 bits per heavy atom. The number of halogens is 1. The summed E-state index contributed by atoms with van der Waals surface area (Å²) in [6.07, 6.45) is 0. The first kappa shape index (κ1) is 12.8. The number of hydrogen-bond acceptors (Lipinski definition) is 5. The van der Waals surface area contributed by atoms with Crippen LogP contribution in [0.1, 0.15) is 9.67 Å². The van der Waals surface area contributed by atoms with Gasteiger partial charge in [0.25, 0.3) is 5.56 Å². The first-order valence-corrected chi connectivity index (χ1v) is 6.20. The number of ketones is 1. The zero-order valence-electron chi connectivity index (χ0n) is 9.42. The molecule has 2 rings (SSSR count). The molecule has 0 aromatic carbocycles. The van der Waals surface area contributed by atoms with Crippen LogP contribution in [0.5, 0.6) is 5.88 Å². The van der Waals surface area contributed by atoms with Gasteiger partial charge in [-0.2, -0.15) is 0 Å². The number of carbonyl (C=O) groups excluding carboxylic acids is 1. The van der Waals surface area contributed by atoms with E-state index in [-0.39, 0.29) is 23.8 Å². The number of methoxy groups -OCH3 is 1. The number of hydrogen-bond donors (Lipinski definition) is 0. The van der Waals surface area contributed by atoms with E-state index in [0.29, 0.717) is 9.21 Å². The minimum absolute atomic E-state index is 0.132. The van der Waals surface area contributed by atoms with Crippen LogP contribution in [0.25, 0.3) is 0 Å². The largest absolute Gasteiger partial charge is 0.480 e. The van der Waals surface area contributed by atoms with E-state index in [2.05, 4.69) is 5.10 Å². The average molecular weight is 285 g/mol. The van der Waals surface area contributed by atoms with Crippen LogP contribution < -0.4 is 10.3 Å². The van der Waals surface area contributed by atoms with Gasteiger partial charge in [-0.1, -0.05) is 11.6 Å². The average Bonchev–Trinajstić information content (AvgIpc) is 2.79. The van der Waals surface area contributed by atoms with E-state index >= 15 is 0 Å². The van der Waals surface area contributed by atoms with Gasteiger partial charge >= 0.3 is 0 Å². The van der Waals surface area contributed by atoms with Crippen molar-refractivity contribution in [3.8, 4) is 5.88 Å². The maximum absolute atomic E-state index is 11.9. The molecule has 0 saturated carbocycles. The van der Waals surface area contributed by atoms with Crippen molar-refractivity contribution in [2.75, 3.05) is 7.11 Å². The molecular weight excluding hydrogens is 276 g/mol. The Balaban J connectivity index is 2.24. The second kappa shape index (κ2) is 5.32. The predicted octanol–water partition coefficient (Wildman–Crippen LogP) is 1.85. The van der Waals surface area contributed by atoms with E-state index in [1.54, 1.807) is 12.1 Å². The molecule has 5 nitrogen and oxygen atoms in total. The minimum Gasteiger partial charge on any atom is -0.480 e. The van der Waals surface area contributed by atoms with Crippen molar-refractivity contribution < 1.29 is 9.53 Å². The van der Waals surface area contributed by atoms with Crippen LogP contribution in [0.2, 0.25) is 4.34 Å². The molecule has 0 amide bonds. The summed E-state index contributed by atoms with van der Waals surface area (Å²) >= 11 is 6.92. The second-order valence-electron chi connectivity index (χ2n) is 3.40. The van der Waals surface area contributed by atoms with Gasteiger partial charge in [-0.25, -0.2) is 4.68 Å². The molecule has 7 heteroatoms. The lowest BCUT2D eigenvalue weighted by molar-refractivity contribution is 0.0969. The zero-order valence-corrected chi connectivity index (χ0v) is 11.0. The summed E-state index contributed by atoms with van der Waals surface area (Å²) in [7, 11) is 1.44. The van der Waals surface area contributed by atoms with Crippen LogP contribution in [-0.4, -0.2) is 22.7 Å². The second-order valence-corrected chi connectivity index (χ2v) is 5.11. The molecule has 0 N–H and O–H groups in total. The normalized spacial score (nSPS) is 10.3. The van der Waals surface area contributed by atoms with Gasteiger partial charge in [-0.15, -0.1) is 16.4 Å². The number of Topliss-reactive ketones (excluding diaryl/α,β-unsaturated/α-hetero) is 1. The van der Waals surface area contributed by atoms with E-state index in [0.717, 1.165) is 4.68 Å². The lowest BCUT2D eigenvalue weighted by Gasteiger charge is -2.04. The van der Waals surface area contributed by atoms with E-state index in [1.807, 2.05) is 0 Å². The molecule has 0 atom stereocenters. The van der Waals surface area contributed by atoms with E-state index < -0.39 is 0 Å². The zero-order chi connectivity index (χ0) is 13.1. The predicted molar refractivity (Wildman–Crippen MR) is 68.7 cm³/mol. The van der Waals surface area contributed by atoms with Crippen molar-refractivity contribution in [3.63, 3.8) is 0 Å². The van der Waals surface area contributed by atoms with Crippen LogP contribution in [0.4, 0.5) is 0 Å². The Morgan fingerprint density at radius 2 is 2.22 bits per heavy atom. The Kier molecular flexibility index (Phi) is 3.78. The van der Waals surface area contributed by atoms with Gasteiger partial charge in [0, 0.05) is 12.1 Å². The van der Waals surface area contributed by atoms with Crippen molar-refractivity contribution >= 4 is 28.7 Å². The lowest BCUT2D eigenvalue weighted by atomic mass is 10.3. The third-order valence-corrected chi connectivity index (χ3v) is 3.46. The fraction of sp³-hybridized carbons (Fsp3) is 0.182. The van der Waals surface area contributed by atoms with Crippen LogP contribution in [0.3, 0.4) is 0 Å². The maximum atomic E-state index is 11.9. The summed E-state index contributed by atoms with van der Waals surface area (Å²) in [5.41, 5.74) is -0.355. The highest BCUT2D eigenvalue weighted by Gasteiger charge is 2.11. The first-order valence-electron chi connectivity index (χ1n) is 5.01. The number of ether oxygens (including phenoxy) is 1. The molecule has 0 aliphatic rings. The molecule has 0 saturated heterocycles. The van der Waals surface area contributed by atoms with Crippen molar-refractivity contribution in [1.29, 1.82) is 0 Å². The molecule has 94 valence electrons. The number of thiophene rings is 1. The van der Waals surface area contributed by atoms with Crippen LogP contribution in [0.15, 0.2) is 29.1 Å². The first-order chi connectivity index (χ1) is 8.60. The Labute approximate surface area is 112 Å². The molecule has 0 radical (unpaired) electrons. The third kappa shape index (κ3) is 2.77. The van der Waals surface area contributed by atoms with Gasteiger partial charge in [0.2, 0.25) is 5.88 Å². The Bertz CT molecular complexity index is 635. The van der Waals surface area contributed by atoms with Gasteiger partial charge in [-0.3, -0.25) is 9.59 Å². The van der Waals surface area contributed by atoms with Gasteiger partial charge in [-0.05, 0) is 12.1 Å². The van der Waals surface area contributed by atoms with Gasteiger partial charge in [0.1, 0.15) is 6.54 Å². The number of rotatable bonds is 4. The van der Waals surface area contributed by atoms with Gasteiger partial charge < -0.3 is 4.74 Å². The van der Waals surface area contributed by atoms with Crippen molar-refractivity contribution in [2.24, 2.45) is 0 Å².